The average molecular weight is 442 g/mol. The Kier molecular flexibility index (Phi) is 6.69. The highest BCUT2D eigenvalue weighted by Gasteiger charge is 2.60. The molecular formula is C27H43N3O2. The van der Waals surface area contributed by atoms with Gasteiger partial charge in [-0.05, 0) is 91.1 Å². The SMILES string of the molecule is CC(C)CCCC(C)[C@H]1CC[C@H]2C3CC(=O)OC4=C[C@H](N=[N+]=[N-])CC[C@]4(C)C3CC[C@]12C. The van der Waals surface area contributed by atoms with E-state index >= 15 is 0 Å². The number of hydrogen-bond donors (Lipinski definition) is 0. The summed E-state index contributed by atoms with van der Waals surface area (Å²) in [6, 6.07) is -0.191. The molecule has 4 rings (SSSR count). The second-order valence-corrected chi connectivity index (χ2v) is 12.3. The average Bonchev–Trinajstić information content (AvgIpc) is 3.03. The quantitative estimate of drug-likeness (QED) is 0.182. The number of fused-ring (bicyclic) bond motifs is 5. The second kappa shape index (κ2) is 9.05. The van der Waals surface area contributed by atoms with E-state index in [-0.39, 0.29) is 17.4 Å². The Morgan fingerprint density at radius 2 is 1.91 bits per heavy atom. The van der Waals surface area contributed by atoms with Gasteiger partial charge in [0.1, 0.15) is 5.76 Å². The molecule has 3 fully saturated rings. The maximum atomic E-state index is 12.9. The van der Waals surface area contributed by atoms with Crippen LogP contribution in [0.25, 0.3) is 10.4 Å². The van der Waals surface area contributed by atoms with Crippen molar-refractivity contribution in [2.45, 2.75) is 105 Å². The lowest BCUT2D eigenvalue weighted by Crippen LogP contribution is -2.48. The molecule has 1 aliphatic heterocycles. The molecule has 0 N–H and O–H groups in total. The van der Waals surface area contributed by atoms with Crippen molar-refractivity contribution in [3.63, 3.8) is 0 Å². The van der Waals surface area contributed by atoms with Crippen LogP contribution in [0.3, 0.4) is 0 Å². The number of carbonyl (C=O) groups is 1. The maximum Gasteiger partial charge on any atom is 0.311 e. The molecule has 0 bridgehead atoms. The Labute approximate surface area is 194 Å². The first kappa shape index (κ1) is 23.7. The smallest absolute Gasteiger partial charge is 0.311 e. The highest BCUT2D eigenvalue weighted by molar-refractivity contribution is 5.72. The first-order chi connectivity index (χ1) is 15.2. The van der Waals surface area contributed by atoms with Gasteiger partial charge >= 0.3 is 5.97 Å². The van der Waals surface area contributed by atoms with Crippen molar-refractivity contribution >= 4 is 5.97 Å². The van der Waals surface area contributed by atoms with Crippen molar-refractivity contribution in [1.29, 1.82) is 0 Å². The fourth-order valence-electron chi connectivity index (χ4n) is 8.44. The predicted octanol–water partition coefficient (Wildman–Crippen LogP) is 7.82. The molecule has 5 nitrogen and oxygen atoms in total. The van der Waals surface area contributed by atoms with Gasteiger partial charge in [0, 0.05) is 16.7 Å². The van der Waals surface area contributed by atoms with Gasteiger partial charge in [-0.1, -0.05) is 59.0 Å². The zero-order chi connectivity index (χ0) is 23.1. The van der Waals surface area contributed by atoms with Crippen LogP contribution in [0, 0.1) is 46.3 Å². The molecule has 2 saturated carbocycles. The maximum absolute atomic E-state index is 12.9. The van der Waals surface area contributed by atoms with Gasteiger partial charge in [-0.25, -0.2) is 0 Å². The first-order valence-electron chi connectivity index (χ1n) is 13.2. The molecule has 0 amide bonds. The Morgan fingerprint density at radius 3 is 2.62 bits per heavy atom. The van der Waals surface area contributed by atoms with Crippen molar-refractivity contribution in [2.75, 3.05) is 0 Å². The van der Waals surface area contributed by atoms with E-state index in [1.807, 2.05) is 6.08 Å². The monoisotopic (exact) mass is 441 g/mol. The van der Waals surface area contributed by atoms with Crippen LogP contribution in [-0.2, 0) is 9.53 Å². The highest BCUT2D eigenvalue weighted by Crippen LogP contribution is 2.66. The minimum Gasteiger partial charge on any atom is -0.431 e. The molecule has 178 valence electrons. The summed E-state index contributed by atoms with van der Waals surface area (Å²) in [5.74, 6) is 4.58. The number of carbonyl (C=O) groups excluding carboxylic acids is 1. The molecule has 3 unspecified atom stereocenters. The fourth-order valence-corrected chi connectivity index (χ4v) is 8.44. The van der Waals surface area contributed by atoms with Crippen LogP contribution < -0.4 is 0 Å². The van der Waals surface area contributed by atoms with Crippen LogP contribution in [0.4, 0.5) is 0 Å². The van der Waals surface area contributed by atoms with Crippen LogP contribution in [0.5, 0.6) is 0 Å². The van der Waals surface area contributed by atoms with Crippen molar-refractivity contribution in [2.24, 2.45) is 51.5 Å². The summed E-state index contributed by atoms with van der Waals surface area (Å²) in [5, 5.41) is 3.91. The summed E-state index contributed by atoms with van der Waals surface area (Å²) >= 11 is 0. The van der Waals surface area contributed by atoms with Crippen molar-refractivity contribution in [1.82, 2.24) is 0 Å². The van der Waals surface area contributed by atoms with Crippen molar-refractivity contribution in [3.05, 3.63) is 22.3 Å². The Balaban J connectivity index is 1.56. The molecule has 0 spiro atoms. The summed E-state index contributed by atoms with van der Waals surface area (Å²) in [5.41, 5.74) is 9.12. The summed E-state index contributed by atoms with van der Waals surface area (Å²) in [6.07, 6.45) is 13.3. The molecule has 0 aromatic carbocycles. The first-order valence-corrected chi connectivity index (χ1v) is 13.2. The summed E-state index contributed by atoms with van der Waals surface area (Å²) in [4.78, 5) is 15.9. The van der Waals surface area contributed by atoms with Gasteiger partial charge in [-0.15, -0.1) is 0 Å². The standard InChI is InChI=1S/C27H43N3O2/c1-17(2)7-6-8-18(3)21-9-10-22-20-16-25(31)32-24-15-19(29-30-28)11-13-27(24,5)23(20)12-14-26(21,22)4/h15,17-23H,6-14,16H2,1-5H3/t18?,19-,20?,21-,22+,23?,26-,27-/m1/s1. The summed E-state index contributed by atoms with van der Waals surface area (Å²) in [6.45, 7) is 12.0. The molecule has 0 aromatic heterocycles. The van der Waals surface area contributed by atoms with Gasteiger partial charge < -0.3 is 4.74 Å². The van der Waals surface area contributed by atoms with Crippen molar-refractivity contribution < 1.29 is 9.53 Å². The normalized spacial score (nSPS) is 42.0. The summed E-state index contributed by atoms with van der Waals surface area (Å²) in [7, 11) is 0. The minimum atomic E-state index is -0.191. The van der Waals surface area contributed by atoms with Crippen LogP contribution >= 0.6 is 0 Å². The van der Waals surface area contributed by atoms with Gasteiger partial charge in [0.2, 0.25) is 0 Å². The van der Waals surface area contributed by atoms with Crippen LogP contribution in [-0.4, -0.2) is 12.0 Å². The van der Waals surface area contributed by atoms with E-state index in [1.165, 1.54) is 44.9 Å². The minimum absolute atomic E-state index is 0.0748. The third-order valence-corrected chi connectivity index (χ3v) is 10.1. The molecule has 5 heteroatoms. The number of rotatable bonds is 6. The molecule has 1 heterocycles. The Morgan fingerprint density at radius 1 is 1.12 bits per heavy atom. The van der Waals surface area contributed by atoms with E-state index in [4.69, 9.17) is 10.3 Å². The number of nitrogens with zero attached hydrogens (tertiary/aromatic N) is 3. The number of azide groups is 1. The molecule has 3 aliphatic carbocycles. The zero-order valence-corrected chi connectivity index (χ0v) is 20.8. The van der Waals surface area contributed by atoms with Gasteiger partial charge in [0.05, 0.1) is 6.04 Å². The molecule has 32 heavy (non-hydrogen) atoms. The lowest BCUT2D eigenvalue weighted by molar-refractivity contribution is -0.141. The van der Waals surface area contributed by atoms with Crippen molar-refractivity contribution in [3.8, 4) is 0 Å². The predicted molar refractivity (Wildman–Crippen MR) is 127 cm³/mol. The third kappa shape index (κ3) is 4.11. The highest BCUT2D eigenvalue weighted by atomic mass is 16.5. The lowest BCUT2D eigenvalue weighted by Gasteiger charge is -2.54. The molecule has 4 aliphatic rings. The van der Waals surface area contributed by atoms with Crippen LogP contribution in [0.2, 0.25) is 0 Å². The van der Waals surface area contributed by atoms with Gasteiger partial charge in [-0.3, -0.25) is 4.79 Å². The molecule has 0 radical (unpaired) electrons. The molecular weight excluding hydrogens is 398 g/mol. The molecule has 0 aromatic rings. The van der Waals surface area contributed by atoms with E-state index in [0.29, 0.717) is 29.6 Å². The van der Waals surface area contributed by atoms with E-state index in [2.05, 4.69) is 44.6 Å². The van der Waals surface area contributed by atoms with Crippen LogP contribution in [0.15, 0.2) is 16.9 Å². The number of allylic oxidation sites excluding steroid dienone is 1. The van der Waals surface area contributed by atoms with E-state index in [1.54, 1.807) is 0 Å². The van der Waals surface area contributed by atoms with Crippen LogP contribution in [0.1, 0.15) is 98.8 Å². The third-order valence-electron chi connectivity index (χ3n) is 10.1. The lowest BCUT2D eigenvalue weighted by atomic mass is 9.50. The largest absolute Gasteiger partial charge is 0.431 e. The number of hydrogen-bond acceptors (Lipinski definition) is 3. The number of esters is 1. The van der Waals surface area contributed by atoms with Gasteiger partial charge in [0.15, 0.2) is 0 Å². The van der Waals surface area contributed by atoms with E-state index in [9.17, 15) is 4.79 Å². The topological polar surface area (TPSA) is 75.1 Å². The molecule has 1 saturated heterocycles. The van der Waals surface area contributed by atoms with Gasteiger partial charge in [-0.2, -0.15) is 0 Å². The van der Waals surface area contributed by atoms with E-state index < -0.39 is 0 Å². The second-order valence-electron chi connectivity index (χ2n) is 12.3. The van der Waals surface area contributed by atoms with Gasteiger partial charge in [0.25, 0.3) is 0 Å². The Bertz CT molecular complexity index is 801. The Hall–Kier alpha value is -1.48. The zero-order valence-electron chi connectivity index (χ0n) is 20.8. The van der Waals surface area contributed by atoms with E-state index in [0.717, 1.165) is 36.4 Å². The summed E-state index contributed by atoms with van der Waals surface area (Å²) < 4.78 is 5.96. The molecule has 8 atom stereocenters. The number of ether oxygens (including phenoxy) is 1. The fraction of sp³-hybridized carbons (Fsp3) is 0.889.